The fraction of sp³-hybridized carbons (Fsp3) is 0.577. The van der Waals surface area contributed by atoms with Crippen molar-refractivity contribution in [2.75, 3.05) is 12.4 Å². The third-order valence-corrected chi connectivity index (χ3v) is 7.30. The highest BCUT2D eigenvalue weighted by molar-refractivity contribution is 5.99. The summed E-state index contributed by atoms with van der Waals surface area (Å²) in [4.78, 5) is 29.4. The van der Waals surface area contributed by atoms with E-state index in [-0.39, 0.29) is 23.8 Å². The Labute approximate surface area is 190 Å². The number of amides is 1. The van der Waals surface area contributed by atoms with E-state index in [0.29, 0.717) is 18.0 Å². The molecule has 1 aromatic heterocycles. The Morgan fingerprint density at radius 3 is 2.59 bits per heavy atom. The van der Waals surface area contributed by atoms with Gasteiger partial charge >= 0.3 is 5.97 Å². The average Bonchev–Trinajstić information content (AvgIpc) is 2.83. The van der Waals surface area contributed by atoms with Crippen LogP contribution in [0.25, 0.3) is 10.8 Å². The van der Waals surface area contributed by atoms with Crippen molar-refractivity contribution in [2.24, 2.45) is 11.8 Å². The molecule has 1 aromatic carbocycles. The van der Waals surface area contributed by atoms with E-state index >= 15 is 0 Å². The molecule has 2 unspecified atom stereocenters. The lowest BCUT2D eigenvalue weighted by atomic mass is 9.84. The van der Waals surface area contributed by atoms with Gasteiger partial charge in [0.2, 0.25) is 0 Å². The van der Waals surface area contributed by atoms with Crippen LogP contribution in [0, 0.1) is 11.8 Å². The zero-order chi connectivity index (χ0) is 22.5. The van der Waals surface area contributed by atoms with Gasteiger partial charge in [-0.1, -0.05) is 25.8 Å². The SMILES string of the molecule is CCC1CCC(Nc2cc3cc(C(=O)NC4CCCC(C(=O)OC)C4)ccc3cn2)CC1. The predicted octanol–water partition coefficient (Wildman–Crippen LogP) is 5.08. The molecule has 2 aliphatic rings. The lowest BCUT2D eigenvalue weighted by molar-refractivity contribution is -0.146. The summed E-state index contributed by atoms with van der Waals surface area (Å²) in [5.41, 5.74) is 0.637. The highest BCUT2D eigenvalue weighted by atomic mass is 16.5. The number of rotatable bonds is 6. The van der Waals surface area contributed by atoms with Gasteiger partial charge in [-0.3, -0.25) is 9.59 Å². The number of pyridine rings is 1. The van der Waals surface area contributed by atoms with Crippen LogP contribution in [0.1, 0.15) is 75.1 Å². The van der Waals surface area contributed by atoms with Crippen LogP contribution >= 0.6 is 0 Å². The van der Waals surface area contributed by atoms with Crippen LogP contribution in [0.2, 0.25) is 0 Å². The van der Waals surface area contributed by atoms with Crippen molar-refractivity contribution >= 4 is 28.5 Å². The Morgan fingerprint density at radius 2 is 1.84 bits per heavy atom. The molecule has 0 spiro atoms. The summed E-state index contributed by atoms with van der Waals surface area (Å²) in [5, 5.41) is 8.74. The van der Waals surface area contributed by atoms with Crippen LogP contribution < -0.4 is 10.6 Å². The standard InChI is InChI=1S/C26H35N3O3/c1-3-17-7-11-22(12-8-17)28-24-15-21-13-18(9-10-20(21)16-27-24)25(30)29-23-6-4-5-19(14-23)26(31)32-2/h9-10,13,15-17,19,22-23H,3-8,11-12,14H2,1-2H3,(H,27,28)(H,29,30). The second kappa shape index (κ2) is 10.3. The molecule has 2 N–H and O–H groups in total. The molecule has 0 aliphatic heterocycles. The Morgan fingerprint density at radius 1 is 1.03 bits per heavy atom. The maximum atomic E-state index is 12.9. The number of methoxy groups -OCH3 is 1. The smallest absolute Gasteiger partial charge is 0.308 e. The molecule has 6 heteroatoms. The molecule has 172 valence electrons. The van der Waals surface area contributed by atoms with E-state index in [9.17, 15) is 9.59 Å². The van der Waals surface area contributed by atoms with Gasteiger partial charge < -0.3 is 15.4 Å². The molecular weight excluding hydrogens is 402 g/mol. The second-order valence-electron chi connectivity index (χ2n) is 9.46. The van der Waals surface area contributed by atoms with Gasteiger partial charge in [-0.05, 0) is 74.4 Å². The summed E-state index contributed by atoms with van der Waals surface area (Å²) in [5.74, 6) is 1.36. The Hall–Kier alpha value is -2.63. The van der Waals surface area contributed by atoms with E-state index in [1.165, 1.54) is 39.2 Å². The first kappa shape index (κ1) is 22.6. The van der Waals surface area contributed by atoms with Gasteiger partial charge in [0.05, 0.1) is 13.0 Å². The Balaban J connectivity index is 1.41. The maximum absolute atomic E-state index is 12.9. The maximum Gasteiger partial charge on any atom is 0.308 e. The van der Waals surface area contributed by atoms with E-state index < -0.39 is 0 Å². The molecule has 6 nitrogen and oxygen atoms in total. The Bertz CT molecular complexity index is 952. The van der Waals surface area contributed by atoms with Gasteiger partial charge in [0.25, 0.3) is 5.91 Å². The molecule has 0 bridgehead atoms. The van der Waals surface area contributed by atoms with Gasteiger partial charge in [-0.25, -0.2) is 4.98 Å². The number of nitrogens with one attached hydrogen (secondary N) is 2. The summed E-state index contributed by atoms with van der Waals surface area (Å²) in [6.45, 7) is 2.28. The molecule has 1 amide bonds. The Kier molecular flexibility index (Phi) is 7.28. The fourth-order valence-electron chi connectivity index (χ4n) is 5.26. The van der Waals surface area contributed by atoms with Crippen molar-refractivity contribution in [3.63, 3.8) is 0 Å². The molecule has 2 fully saturated rings. The summed E-state index contributed by atoms with van der Waals surface area (Å²) < 4.78 is 4.89. The van der Waals surface area contributed by atoms with Gasteiger partial charge in [-0.15, -0.1) is 0 Å². The van der Waals surface area contributed by atoms with Crippen molar-refractivity contribution in [2.45, 2.75) is 76.8 Å². The zero-order valence-electron chi connectivity index (χ0n) is 19.2. The van der Waals surface area contributed by atoms with Gasteiger partial charge in [0.1, 0.15) is 5.82 Å². The van der Waals surface area contributed by atoms with Crippen molar-refractivity contribution in [3.05, 3.63) is 36.0 Å². The van der Waals surface area contributed by atoms with E-state index in [0.717, 1.165) is 41.8 Å². The molecule has 2 aliphatic carbocycles. The van der Waals surface area contributed by atoms with Crippen LogP contribution in [0.15, 0.2) is 30.5 Å². The topological polar surface area (TPSA) is 80.3 Å². The van der Waals surface area contributed by atoms with E-state index in [1.807, 2.05) is 30.5 Å². The summed E-state index contributed by atoms with van der Waals surface area (Å²) in [6.07, 6.45) is 11.4. The molecule has 0 radical (unpaired) electrons. The summed E-state index contributed by atoms with van der Waals surface area (Å²) >= 11 is 0. The number of fused-ring (bicyclic) bond motifs is 1. The van der Waals surface area contributed by atoms with Crippen LogP contribution in [0.5, 0.6) is 0 Å². The molecule has 0 saturated heterocycles. The first-order valence-corrected chi connectivity index (χ1v) is 12.1. The number of benzene rings is 1. The third-order valence-electron chi connectivity index (χ3n) is 7.30. The van der Waals surface area contributed by atoms with E-state index in [2.05, 4.69) is 22.5 Å². The average molecular weight is 438 g/mol. The number of esters is 1. The first-order valence-electron chi connectivity index (χ1n) is 12.1. The van der Waals surface area contributed by atoms with E-state index in [4.69, 9.17) is 4.74 Å². The lowest BCUT2D eigenvalue weighted by Gasteiger charge is -2.28. The van der Waals surface area contributed by atoms with Crippen LogP contribution in [-0.2, 0) is 9.53 Å². The number of aromatic nitrogens is 1. The number of hydrogen-bond donors (Lipinski definition) is 2. The number of anilines is 1. The minimum absolute atomic E-state index is 0.00367. The van der Waals surface area contributed by atoms with Gasteiger partial charge in [-0.2, -0.15) is 0 Å². The van der Waals surface area contributed by atoms with Crippen LogP contribution in [0.3, 0.4) is 0 Å². The predicted molar refractivity (Wildman–Crippen MR) is 127 cm³/mol. The number of hydrogen-bond acceptors (Lipinski definition) is 5. The highest BCUT2D eigenvalue weighted by Crippen LogP contribution is 2.29. The van der Waals surface area contributed by atoms with Crippen molar-refractivity contribution in [1.29, 1.82) is 0 Å². The molecular formula is C26H35N3O3. The second-order valence-corrected chi connectivity index (χ2v) is 9.46. The minimum atomic E-state index is -0.176. The van der Waals surface area contributed by atoms with Gasteiger partial charge in [0, 0.05) is 29.2 Å². The monoisotopic (exact) mass is 437 g/mol. The molecule has 32 heavy (non-hydrogen) atoms. The lowest BCUT2D eigenvalue weighted by Crippen LogP contribution is -2.40. The molecule has 1 heterocycles. The normalized spacial score (nSPS) is 25.8. The van der Waals surface area contributed by atoms with Gasteiger partial charge in [0.15, 0.2) is 0 Å². The third kappa shape index (κ3) is 5.40. The van der Waals surface area contributed by atoms with Crippen LogP contribution in [-0.4, -0.2) is 36.1 Å². The van der Waals surface area contributed by atoms with E-state index in [1.54, 1.807) is 0 Å². The zero-order valence-corrected chi connectivity index (χ0v) is 19.2. The quantitative estimate of drug-likeness (QED) is 0.616. The molecule has 2 aromatic rings. The molecule has 2 saturated carbocycles. The molecule has 2 atom stereocenters. The highest BCUT2D eigenvalue weighted by Gasteiger charge is 2.29. The minimum Gasteiger partial charge on any atom is -0.469 e. The summed E-state index contributed by atoms with van der Waals surface area (Å²) in [6, 6.07) is 8.26. The first-order chi connectivity index (χ1) is 15.6. The molecule has 4 rings (SSSR count). The largest absolute Gasteiger partial charge is 0.469 e. The number of carbonyl (C=O) groups is 2. The summed E-state index contributed by atoms with van der Waals surface area (Å²) in [7, 11) is 1.42. The number of ether oxygens (including phenoxy) is 1. The fourth-order valence-corrected chi connectivity index (χ4v) is 5.26. The number of nitrogens with zero attached hydrogens (tertiary/aromatic N) is 1. The van der Waals surface area contributed by atoms with Crippen molar-refractivity contribution in [1.82, 2.24) is 10.3 Å². The number of carbonyl (C=O) groups excluding carboxylic acids is 2. The van der Waals surface area contributed by atoms with Crippen molar-refractivity contribution < 1.29 is 14.3 Å². The van der Waals surface area contributed by atoms with Crippen molar-refractivity contribution in [3.8, 4) is 0 Å². The van der Waals surface area contributed by atoms with Crippen LogP contribution in [0.4, 0.5) is 5.82 Å².